The van der Waals surface area contributed by atoms with E-state index in [0.717, 1.165) is 12.5 Å². The van der Waals surface area contributed by atoms with Crippen molar-refractivity contribution in [2.45, 2.75) is 44.6 Å². The zero-order chi connectivity index (χ0) is 18.3. The van der Waals surface area contributed by atoms with Gasteiger partial charge in [-0.2, -0.15) is 0 Å². The lowest BCUT2D eigenvalue weighted by molar-refractivity contribution is 0.0529. The quantitative estimate of drug-likeness (QED) is 0.420. The first-order chi connectivity index (χ1) is 11.8. The summed E-state index contributed by atoms with van der Waals surface area (Å²) in [6.45, 7) is 7.44. The average molecular weight is 346 g/mol. The SMILES string of the molecule is CN=C(NCCNC(=O)OC(C)(C)C)NCC1(c2ccccc2)CC1. The number of hydrogen-bond acceptors (Lipinski definition) is 3. The Balaban J connectivity index is 1.69. The van der Waals surface area contributed by atoms with E-state index in [2.05, 4.69) is 45.2 Å². The minimum atomic E-state index is -0.481. The summed E-state index contributed by atoms with van der Waals surface area (Å²) in [5.74, 6) is 0.744. The third-order valence-electron chi connectivity index (χ3n) is 4.14. The van der Waals surface area contributed by atoms with Gasteiger partial charge in [-0.25, -0.2) is 4.79 Å². The normalized spacial score (nSPS) is 16.1. The molecule has 0 radical (unpaired) electrons. The van der Waals surface area contributed by atoms with Crippen LogP contribution in [-0.2, 0) is 10.2 Å². The molecular weight excluding hydrogens is 316 g/mol. The number of carbonyl (C=O) groups excluding carboxylic acids is 1. The van der Waals surface area contributed by atoms with Crippen molar-refractivity contribution in [3.05, 3.63) is 35.9 Å². The maximum absolute atomic E-state index is 11.6. The molecule has 1 aliphatic rings. The molecule has 0 saturated heterocycles. The maximum Gasteiger partial charge on any atom is 0.407 e. The van der Waals surface area contributed by atoms with Gasteiger partial charge in [0, 0.05) is 32.1 Å². The first-order valence-electron chi connectivity index (χ1n) is 8.82. The highest BCUT2D eigenvalue weighted by atomic mass is 16.6. The molecule has 1 saturated carbocycles. The molecule has 1 aromatic rings. The molecule has 3 N–H and O–H groups in total. The van der Waals surface area contributed by atoms with E-state index in [1.54, 1.807) is 7.05 Å². The number of guanidine groups is 1. The molecule has 1 amide bonds. The van der Waals surface area contributed by atoms with Gasteiger partial charge < -0.3 is 20.7 Å². The van der Waals surface area contributed by atoms with Crippen molar-refractivity contribution in [2.24, 2.45) is 4.99 Å². The third-order valence-corrected chi connectivity index (χ3v) is 4.14. The number of carbonyl (C=O) groups is 1. The van der Waals surface area contributed by atoms with Gasteiger partial charge in [0.25, 0.3) is 0 Å². The van der Waals surface area contributed by atoms with E-state index in [4.69, 9.17) is 4.74 Å². The molecule has 1 aromatic carbocycles. The number of hydrogen-bond donors (Lipinski definition) is 3. The summed E-state index contributed by atoms with van der Waals surface area (Å²) in [5.41, 5.74) is 1.13. The van der Waals surface area contributed by atoms with Crippen LogP contribution in [-0.4, -0.2) is 44.3 Å². The number of benzene rings is 1. The van der Waals surface area contributed by atoms with Crippen LogP contribution in [0.4, 0.5) is 4.79 Å². The zero-order valence-corrected chi connectivity index (χ0v) is 15.7. The van der Waals surface area contributed by atoms with Crippen LogP contribution in [0.1, 0.15) is 39.2 Å². The molecule has 6 heteroatoms. The molecule has 0 atom stereocenters. The van der Waals surface area contributed by atoms with Crippen LogP contribution in [0.2, 0.25) is 0 Å². The lowest BCUT2D eigenvalue weighted by Crippen LogP contribution is -2.44. The van der Waals surface area contributed by atoms with E-state index in [9.17, 15) is 4.79 Å². The van der Waals surface area contributed by atoms with Crippen molar-refractivity contribution in [3.8, 4) is 0 Å². The van der Waals surface area contributed by atoms with Gasteiger partial charge in [-0.05, 0) is 39.2 Å². The molecule has 0 unspecified atom stereocenters. The van der Waals surface area contributed by atoms with Gasteiger partial charge in [0.05, 0.1) is 0 Å². The third kappa shape index (κ3) is 6.29. The van der Waals surface area contributed by atoms with Crippen molar-refractivity contribution < 1.29 is 9.53 Å². The van der Waals surface area contributed by atoms with Crippen LogP contribution in [0.5, 0.6) is 0 Å². The summed E-state index contributed by atoms with van der Waals surface area (Å²) in [4.78, 5) is 15.8. The second-order valence-electron chi connectivity index (χ2n) is 7.43. The van der Waals surface area contributed by atoms with E-state index in [0.29, 0.717) is 13.1 Å². The van der Waals surface area contributed by atoms with Gasteiger partial charge in [0.2, 0.25) is 0 Å². The minimum Gasteiger partial charge on any atom is -0.444 e. The highest BCUT2D eigenvalue weighted by Gasteiger charge is 2.43. The summed E-state index contributed by atoms with van der Waals surface area (Å²) < 4.78 is 5.20. The van der Waals surface area contributed by atoms with Crippen LogP contribution in [0.25, 0.3) is 0 Å². The summed E-state index contributed by atoms with van der Waals surface area (Å²) in [6, 6.07) is 10.6. The van der Waals surface area contributed by atoms with E-state index >= 15 is 0 Å². The predicted molar refractivity (Wildman–Crippen MR) is 101 cm³/mol. The smallest absolute Gasteiger partial charge is 0.407 e. The molecule has 1 aliphatic carbocycles. The van der Waals surface area contributed by atoms with E-state index in [-0.39, 0.29) is 5.41 Å². The van der Waals surface area contributed by atoms with Crippen LogP contribution in [0.3, 0.4) is 0 Å². The zero-order valence-electron chi connectivity index (χ0n) is 15.7. The summed E-state index contributed by atoms with van der Waals surface area (Å²) in [6.07, 6.45) is 1.99. The lowest BCUT2D eigenvalue weighted by atomic mass is 9.96. The van der Waals surface area contributed by atoms with Crippen molar-refractivity contribution in [3.63, 3.8) is 0 Å². The standard InChI is InChI=1S/C19H30N4O2/c1-18(2,3)25-17(24)22-13-12-21-16(20-4)23-14-19(10-11-19)15-8-6-5-7-9-15/h5-9H,10-14H2,1-4H3,(H,22,24)(H2,20,21,23). The Morgan fingerprint density at radius 1 is 1.12 bits per heavy atom. The Kier molecular flexibility index (Phi) is 6.28. The van der Waals surface area contributed by atoms with Gasteiger partial charge >= 0.3 is 6.09 Å². The van der Waals surface area contributed by atoms with Crippen LogP contribution in [0, 0.1) is 0 Å². The number of alkyl carbamates (subject to hydrolysis) is 1. The lowest BCUT2D eigenvalue weighted by Gasteiger charge is -2.20. The second kappa shape index (κ2) is 8.23. The van der Waals surface area contributed by atoms with Gasteiger partial charge in [-0.1, -0.05) is 30.3 Å². The molecule has 0 bridgehead atoms. The van der Waals surface area contributed by atoms with Crippen molar-refractivity contribution in [1.82, 2.24) is 16.0 Å². The fraction of sp³-hybridized carbons (Fsp3) is 0.579. The number of rotatable bonds is 6. The molecule has 138 valence electrons. The van der Waals surface area contributed by atoms with Crippen LogP contribution < -0.4 is 16.0 Å². The molecular formula is C19H30N4O2. The topological polar surface area (TPSA) is 74.8 Å². The van der Waals surface area contributed by atoms with E-state index in [1.807, 2.05) is 26.8 Å². The number of ether oxygens (including phenoxy) is 1. The van der Waals surface area contributed by atoms with E-state index in [1.165, 1.54) is 18.4 Å². The highest BCUT2D eigenvalue weighted by molar-refractivity contribution is 5.79. The van der Waals surface area contributed by atoms with Crippen molar-refractivity contribution in [2.75, 3.05) is 26.7 Å². The first-order valence-corrected chi connectivity index (χ1v) is 8.82. The molecule has 0 spiro atoms. The Hall–Kier alpha value is -2.24. The number of nitrogens with one attached hydrogen (secondary N) is 3. The molecule has 25 heavy (non-hydrogen) atoms. The second-order valence-corrected chi connectivity index (χ2v) is 7.43. The Bertz CT molecular complexity index is 589. The van der Waals surface area contributed by atoms with Crippen LogP contribution >= 0.6 is 0 Å². The van der Waals surface area contributed by atoms with Gasteiger partial charge in [-0.15, -0.1) is 0 Å². The fourth-order valence-corrected chi connectivity index (χ4v) is 2.64. The molecule has 0 heterocycles. The monoisotopic (exact) mass is 346 g/mol. The molecule has 1 fully saturated rings. The maximum atomic E-state index is 11.6. The minimum absolute atomic E-state index is 0.230. The fourth-order valence-electron chi connectivity index (χ4n) is 2.64. The van der Waals surface area contributed by atoms with Gasteiger partial charge in [0.15, 0.2) is 5.96 Å². The Labute approximate surface area is 150 Å². The highest BCUT2D eigenvalue weighted by Crippen LogP contribution is 2.47. The molecule has 2 rings (SSSR count). The van der Waals surface area contributed by atoms with Gasteiger partial charge in [-0.3, -0.25) is 4.99 Å². The summed E-state index contributed by atoms with van der Waals surface area (Å²) in [5, 5.41) is 9.32. The summed E-state index contributed by atoms with van der Waals surface area (Å²) >= 11 is 0. The Morgan fingerprint density at radius 3 is 2.32 bits per heavy atom. The molecule has 0 aliphatic heterocycles. The number of nitrogens with zero attached hydrogens (tertiary/aromatic N) is 1. The predicted octanol–water partition coefficient (Wildman–Crippen LogP) is 2.41. The van der Waals surface area contributed by atoms with Crippen LogP contribution in [0.15, 0.2) is 35.3 Å². The van der Waals surface area contributed by atoms with Gasteiger partial charge in [0.1, 0.15) is 5.60 Å². The molecule has 6 nitrogen and oxygen atoms in total. The Morgan fingerprint density at radius 2 is 1.76 bits per heavy atom. The number of amides is 1. The first kappa shape index (κ1) is 19.1. The van der Waals surface area contributed by atoms with E-state index < -0.39 is 11.7 Å². The average Bonchev–Trinajstić information content (AvgIpc) is 3.34. The number of aliphatic imine (C=N–C) groups is 1. The largest absolute Gasteiger partial charge is 0.444 e. The molecule has 0 aromatic heterocycles. The van der Waals surface area contributed by atoms with Crippen molar-refractivity contribution in [1.29, 1.82) is 0 Å². The van der Waals surface area contributed by atoms with Crippen molar-refractivity contribution >= 4 is 12.1 Å². The summed E-state index contributed by atoms with van der Waals surface area (Å²) in [7, 11) is 1.75.